The van der Waals surface area contributed by atoms with Crippen LogP contribution in [0.3, 0.4) is 0 Å². The number of carbonyl (C=O) groups excluding carboxylic acids is 1. The van der Waals surface area contributed by atoms with Crippen molar-refractivity contribution in [3.05, 3.63) is 24.3 Å². The van der Waals surface area contributed by atoms with E-state index >= 15 is 0 Å². The van der Waals surface area contributed by atoms with Crippen LogP contribution in [-0.2, 0) is 4.79 Å². The number of β-lactam (4-membered cyclic amide) rings is 1. The fourth-order valence-electron chi connectivity index (χ4n) is 1.82. The summed E-state index contributed by atoms with van der Waals surface area (Å²) in [7, 11) is 0. The molecule has 2 heterocycles. The van der Waals surface area contributed by atoms with E-state index in [4.69, 9.17) is 0 Å². The van der Waals surface area contributed by atoms with E-state index in [1.54, 1.807) is 6.20 Å². The summed E-state index contributed by atoms with van der Waals surface area (Å²) in [6.07, 6.45) is 3.21. The lowest BCUT2D eigenvalue weighted by atomic mass is 9.79. The van der Waals surface area contributed by atoms with Crippen molar-refractivity contribution < 1.29 is 4.79 Å². The van der Waals surface area contributed by atoms with Crippen molar-refractivity contribution in [3.8, 4) is 0 Å². The first-order valence-electron chi connectivity index (χ1n) is 4.76. The molecular formula is C10H13N3O. The quantitative estimate of drug-likeness (QED) is 0.707. The minimum atomic E-state index is 0.0601. The van der Waals surface area contributed by atoms with Gasteiger partial charge < -0.3 is 5.32 Å². The number of aromatic nitrogens is 2. The summed E-state index contributed by atoms with van der Waals surface area (Å²) in [6.45, 7) is 4.11. The standard InChI is InChI=1S/C10H13N3O/c1-6(2)8-9(13-10(8)14)7-3-4-11-5-12-7/h3-6,8-9H,1-2H3,(H,13,14). The molecule has 0 saturated carbocycles. The summed E-state index contributed by atoms with van der Waals surface area (Å²) in [5.74, 6) is 0.539. The van der Waals surface area contributed by atoms with E-state index in [1.165, 1.54) is 6.33 Å². The van der Waals surface area contributed by atoms with Crippen molar-refractivity contribution in [1.29, 1.82) is 0 Å². The summed E-state index contributed by atoms with van der Waals surface area (Å²) in [5.41, 5.74) is 0.901. The SMILES string of the molecule is CC(C)C1C(=O)NC1c1ccncn1. The van der Waals surface area contributed by atoms with Crippen LogP contribution in [0.1, 0.15) is 25.6 Å². The van der Waals surface area contributed by atoms with Crippen molar-refractivity contribution in [2.45, 2.75) is 19.9 Å². The predicted octanol–water partition coefficient (Wildman–Crippen LogP) is 0.920. The number of hydrogen-bond donors (Lipinski definition) is 1. The molecule has 1 aliphatic heterocycles. The molecule has 0 aromatic carbocycles. The Labute approximate surface area is 82.8 Å². The minimum Gasteiger partial charge on any atom is -0.347 e. The van der Waals surface area contributed by atoms with E-state index in [9.17, 15) is 4.79 Å². The van der Waals surface area contributed by atoms with Crippen molar-refractivity contribution >= 4 is 5.91 Å². The normalized spacial score (nSPS) is 25.8. The zero-order valence-electron chi connectivity index (χ0n) is 8.27. The average molecular weight is 191 g/mol. The van der Waals surface area contributed by atoms with E-state index in [-0.39, 0.29) is 17.9 Å². The molecule has 1 saturated heterocycles. The predicted molar refractivity (Wildman–Crippen MR) is 51.2 cm³/mol. The van der Waals surface area contributed by atoms with Crippen LogP contribution < -0.4 is 5.32 Å². The number of rotatable bonds is 2. The van der Waals surface area contributed by atoms with Crippen molar-refractivity contribution in [2.24, 2.45) is 11.8 Å². The van der Waals surface area contributed by atoms with Gasteiger partial charge in [0.1, 0.15) is 6.33 Å². The summed E-state index contributed by atoms with van der Waals surface area (Å²) < 4.78 is 0. The third-order valence-electron chi connectivity index (χ3n) is 2.60. The lowest BCUT2D eigenvalue weighted by Crippen LogP contribution is -2.54. The van der Waals surface area contributed by atoms with Gasteiger partial charge in [0.05, 0.1) is 17.7 Å². The van der Waals surface area contributed by atoms with Crippen LogP contribution in [-0.4, -0.2) is 15.9 Å². The van der Waals surface area contributed by atoms with Gasteiger partial charge in [0.2, 0.25) is 5.91 Å². The number of nitrogens with one attached hydrogen (secondary N) is 1. The number of nitrogens with zero attached hydrogens (tertiary/aromatic N) is 2. The van der Waals surface area contributed by atoms with Gasteiger partial charge in [-0.3, -0.25) is 4.79 Å². The van der Waals surface area contributed by atoms with Crippen LogP contribution in [0.4, 0.5) is 0 Å². The first-order chi connectivity index (χ1) is 6.70. The summed E-state index contributed by atoms with van der Waals surface area (Å²) in [4.78, 5) is 19.3. The topological polar surface area (TPSA) is 54.9 Å². The molecule has 1 fully saturated rings. The van der Waals surface area contributed by atoms with E-state index in [0.717, 1.165) is 5.69 Å². The lowest BCUT2D eigenvalue weighted by molar-refractivity contribution is -0.137. The van der Waals surface area contributed by atoms with E-state index in [0.29, 0.717) is 5.92 Å². The van der Waals surface area contributed by atoms with Gasteiger partial charge in [0.25, 0.3) is 0 Å². The fourth-order valence-corrected chi connectivity index (χ4v) is 1.82. The second kappa shape index (κ2) is 3.36. The number of hydrogen-bond acceptors (Lipinski definition) is 3. The highest BCUT2D eigenvalue weighted by Gasteiger charge is 2.42. The van der Waals surface area contributed by atoms with Crippen LogP contribution >= 0.6 is 0 Å². The molecule has 0 aliphatic carbocycles. The highest BCUT2D eigenvalue weighted by molar-refractivity contribution is 5.86. The first-order valence-corrected chi connectivity index (χ1v) is 4.76. The minimum absolute atomic E-state index is 0.0601. The molecule has 2 atom stereocenters. The highest BCUT2D eigenvalue weighted by atomic mass is 16.2. The van der Waals surface area contributed by atoms with Crippen LogP contribution in [0.25, 0.3) is 0 Å². The van der Waals surface area contributed by atoms with Gasteiger partial charge in [0, 0.05) is 6.20 Å². The Morgan fingerprint density at radius 1 is 1.50 bits per heavy atom. The lowest BCUT2D eigenvalue weighted by Gasteiger charge is -2.38. The third kappa shape index (κ3) is 1.36. The molecule has 1 aliphatic rings. The Morgan fingerprint density at radius 3 is 2.79 bits per heavy atom. The van der Waals surface area contributed by atoms with Gasteiger partial charge in [-0.15, -0.1) is 0 Å². The second-order valence-corrected chi connectivity index (χ2v) is 3.89. The Hall–Kier alpha value is -1.45. The van der Waals surface area contributed by atoms with Gasteiger partial charge >= 0.3 is 0 Å². The molecule has 1 amide bonds. The van der Waals surface area contributed by atoms with Gasteiger partial charge in [-0.2, -0.15) is 0 Å². The van der Waals surface area contributed by atoms with Crippen molar-refractivity contribution in [2.75, 3.05) is 0 Å². The molecule has 14 heavy (non-hydrogen) atoms. The maximum atomic E-state index is 11.3. The Balaban J connectivity index is 2.18. The average Bonchev–Trinajstić information content (AvgIpc) is 2.14. The van der Waals surface area contributed by atoms with Crippen LogP contribution in [0.15, 0.2) is 18.6 Å². The molecule has 74 valence electrons. The van der Waals surface area contributed by atoms with Crippen molar-refractivity contribution in [1.82, 2.24) is 15.3 Å². The molecule has 0 radical (unpaired) electrons. The van der Waals surface area contributed by atoms with Gasteiger partial charge in [0.15, 0.2) is 0 Å². The Bertz CT molecular complexity index is 336. The molecule has 1 N–H and O–H groups in total. The van der Waals surface area contributed by atoms with Gasteiger partial charge in [-0.25, -0.2) is 9.97 Å². The first kappa shape index (κ1) is 9.12. The zero-order chi connectivity index (χ0) is 10.1. The van der Waals surface area contributed by atoms with Crippen molar-refractivity contribution in [3.63, 3.8) is 0 Å². The molecule has 4 heteroatoms. The van der Waals surface area contributed by atoms with E-state index < -0.39 is 0 Å². The molecule has 0 spiro atoms. The molecule has 2 rings (SSSR count). The van der Waals surface area contributed by atoms with E-state index in [2.05, 4.69) is 29.1 Å². The molecule has 4 nitrogen and oxygen atoms in total. The van der Waals surface area contributed by atoms with Crippen LogP contribution in [0.2, 0.25) is 0 Å². The van der Waals surface area contributed by atoms with E-state index in [1.807, 2.05) is 6.07 Å². The summed E-state index contributed by atoms with van der Waals surface area (Å²) >= 11 is 0. The molecule has 1 aromatic heterocycles. The molecule has 0 bridgehead atoms. The number of carbonyl (C=O) groups is 1. The molecule has 1 aromatic rings. The smallest absolute Gasteiger partial charge is 0.226 e. The maximum Gasteiger partial charge on any atom is 0.226 e. The van der Waals surface area contributed by atoms with Gasteiger partial charge in [-0.1, -0.05) is 13.8 Å². The highest BCUT2D eigenvalue weighted by Crippen LogP contribution is 2.34. The maximum absolute atomic E-state index is 11.3. The molecule has 2 unspecified atom stereocenters. The summed E-state index contributed by atoms with van der Waals surface area (Å²) in [5, 5.41) is 2.86. The summed E-state index contributed by atoms with van der Waals surface area (Å²) in [6, 6.07) is 1.92. The Kier molecular flexibility index (Phi) is 2.19. The van der Waals surface area contributed by atoms with Crippen LogP contribution in [0.5, 0.6) is 0 Å². The molecular weight excluding hydrogens is 178 g/mol. The van der Waals surface area contributed by atoms with Crippen LogP contribution in [0, 0.1) is 11.8 Å². The van der Waals surface area contributed by atoms with Gasteiger partial charge in [-0.05, 0) is 12.0 Å². The number of amides is 1. The zero-order valence-corrected chi connectivity index (χ0v) is 8.27. The monoisotopic (exact) mass is 191 g/mol. The second-order valence-electron chi connectivity index (χ2n) is 3.89. The Morgan fingerprint density at radius 2 is 2.29 bits per heavy atom. The fraction of sp³-hybridized carbons (Fsp3) is 0.500. The largest absolute Gasteiger partial charge is 0.347 e. The third-order valence-corrected chi connectivity index (χ3v) is 2.60.